The second-order valence-electron chi connectivity index (χ2n) is 4.32. The number of aromatic nitrogens is 1. The van der Waals surface area contributed by atoms with E-state index in [0.717, 1.165) is 24.6 Å². The molecule has 1 heterocycles. The third-order valence-electron chi connectivity index (χ3n) is 2.95. The fourth-order valence-electron chi connectivity index (χ4n) is 2.10. The average molecular weight is 260 g/mol. The summed E-state index contributed by atoms with van der Waals surface area (Å²) in [5, 5.41) is 4.85. The number of nitrogens with one attached hydrogen (secondary N) is 1. The first-order valence-corrected chi connectivity index (χ1v) is 7.40. The highest BCUT2D eigenvalue weighted by Crippen LogP contribution is 2.19. The Bertz CT molecular complexity index is 516. The number of hydrogen-bond acceptors (Lipinski definition) is 2. The molecule has 2 rings (SSSR count). The van der Waals surface area contributed by atoms with E-state index in [-0.39, 0.29) is 0 Å². The van der Waals surface area contributed by atoms with Crippen molar-refractivity contribution in [3.05, 3.63) is 48.7 Å². The van der Waals surface area contributed by atoms with Crippen LogP contribution in [0.1, 0.15) is 5.56 Å². The second-order valence-corrected chi connectivity index (χ2v) is 5.47. The molecule has 3 heteroatoms. The van der Waals surface area contributed by atoms with Crippen molar-refractivity contribution in [3.63, 3.8) is 0 Å². The topological polar surface area (TPSA) is 17.0 Å². The van der Waals surface area contributed by atoms with E-state index >= 15 is 0 Å². The summed E-state index contributed by atoms with van der Waals surface area (Å²) < 4.78 is 2.19. The molecule has 0 atom stereocenters. The van der Waals surface area contributed by atoms with Crippen LogP contribution < -0.4 is 5.32 Å². The molecule has 0 amide bonds. The Morgan fingerprint density at radius 2 is 2.22 bits per heavy atom. The van der Waals surface area contributed by atoms with Gasteiger partial charge in [-0.25, -0.2) is 0 Å². The maximum Gasteiger partial charge on any atom is 0.0481 e. The van der Waals surface area contributed by atoms with Crippen molar-refractivity contribution in [1.82, 2.24) is 9.88 Å². The van der Waals surface area contributed by atoms with Crippen molar-refractivity contribution >= 4 is 22.7 Å². The Morgan fingerprint density at radius 3 is 3.06 bits per heavy atom. The summed E-state index contributed by atoms with van der Waals surface area (Å²) in [6.45, 7) is 5.70. The largest absolute Gasteiger partial charge is 0.350 e. The zero-order valence-corrected chi connectivity index (χ0v) is 11.7. The molecule has 0 saturated heterocycles. The molecule has 1 aromatic heterocycles. The lowest BCUT2D eigenvalue weighted by atomic mass is 10.2. The number of rotatable bonds is 7. The molecule has 2 nitrogen and oxygen atoms in total. The van der Waals surface area contributed by atoms with Gasteiger partial charge in [0.05, 0.1) is 0 Å². The molecule has 1 aromatic carbocycles. The lowest BCUT2D eigenvalue weighted by Crippen LogP contribution is -2.16. The average Bonchev–Trinajstić information content (AvgIpc) is 2.71. The van der Waals surface area contributed by atoms with Crippen molar-refractivity contribution in [1.29, 1.82) is 0 Å². The van der Waals surface area contributed by atoms with Crippen LogP contribution in [0.15, 0.2) is 43.1 Å². The Kier molecular flexibility index (Phi) is 4.90. The highest BCUT2D eigenvalue weighted by atomic mass is 32.2. The molecule has 0 aliphatic rings. The molecule has 18 heavy (non-hydrogen) atoms. The number of nitrogens with zero attached hydrogens (tertiary/aromatic N) is 1. The van der Waals surface area contributed by atoms with Crippen LogP contribution in [0.25, 0.3) is 10.9 Å². The molecule has 96 valence electrons. The van der Waals surface area contributed by atoms with Crippen molar-refractivity contribution in [3.8, 4) is 0 Å². The van der Waals surface area contributed by atoms with Crippen LogP contribution in [-0.4, -0.2) is 22.6 Å². The Labute approximate surface area is 113 Å². The summed E-state index contributed by atoms with van der Waals surface area (Å²) in [5.41, 5.74) is 2.68. The molecule has 0 fully saturated rings. The monoisotopic (exact) mass is 260 g/mol. The number of aryl methyl sites for hydroxylation is 1. The molecule has 0 spiro atoms. The molecular weight excluding hydrogens is 240 g/mol. The van der Waals surface area contributed by atoms with E-state index in [0.29, 0.717) is 0 Å². The number of fused-ring (bicyclic) bond motifs is 1. The zero-order valence-electron chi connectivity index (χ0n) is 10.9. The molecule has 0 radical (unpaired) electrons. The quantitative estimate of drug-likeness (QED) is 0.608. The summed E-state index contributed by atoms with van der Waals surface area (Å²) in [7, 11) is 2.10. The minimum atomic E-state index is 0.940. The normalized spacial score (nSPS) is 10.9. The second kappa shape index (κ2) is 6.66. The van der Waals surface area contributed by atoms with Gasteiger partial charge in [-0.3, -0.25) is 0 Å². The van der Waals surface area contributed by atoms with Gasteiger partial charge in [-0.05, 0) is 11.6 Å². The van der Waals surface area contributed by atoms with Crippen LogP contribution in [0.5, 0.6) is 0 Å². The zero-order chi connectivity index (χ0) is 12.8. The molecule has 0 aliphatic carbocycles. The van der Waals surface area contributed by atoms with Gasteiger partial charge in [-0.1, -0.05) is 24.3 Å². The van der Waals surface area contributed by atoms with Gasteiger partial charge in [-0.2, -0.15) is 11.8 Å². The molecule has 0 aliphatic heterocycles. The van der Waals surface area contributed by atoms with Gasteiger partial charge >= 0.3 is 0 Å². The van der Waals surface area contributed by atoms with Crippen molar-refractivity contribution < 1.29 is 0 Å². The predicted molar refractivity (Wildman–Crippen MR) is 82.1 cm³/mol. The lowest BCUT2D eigenvalue weighted by molar-refractivity contribution is 0.733. The molecule has 0 bridgehead atoms. The minimum absolute atomic E-state index is 0.940. The third kappa shape index (κ3) is 3.18. The van der Waals surface area contributed by atoms with Gasteiger partial charge in [0.2, 0.25) is 0 Å². The summed E-state index contributed by atoms with van der Waals surface area (Å²) in [6.07, 6.45) is 4.17. The van der Waals surface area contributed by atoms with E-state index in [4.69, 9.17) is 0 Å². The van der Waals surface area contributed by atoms with Crippen molar-refractivity contribution in [2.45, 2.75) is 6.54 Å². The van der Waals surface area contributed by atoms with E-state index < -0.39 is 0 Å². The van der Waals surface area contributed by atoms with E-state index in [1.54, 1.807) is 0 Å². The van der Waals surface area contributed by atoms with Gasteiger partial charge < -0.3 is 9.88 Å². The van der Waals surface area contributed by atoms with Crippen molar-refractivity contribution in [2.24, 2.45) is 7.05 Å². The first kappa shape index (κ1) is 13.2. The Morgan fingerprint density at radius 1 is 1.39 bits per heavy atom. The number of thioether (sulfide) groups is 1. The summed E-state index contributed by atoms with van der Waals surface area (Å²) >= 11 is 1.91. The number of hydrogen-bond donors (Lipinski definition) is 1. The van der Waals surface area contributed by atoms with E-state index in [2.05, 4.69) is 54.0 Å². The number of benzene rings is 1. The molecule has 0 unspecified atom stereocenters. The molecule has 1 N–H and O–H groups in total. The summed E-state index contributed by atoms with van der Waals surface area (Å²) in [5.74, 6) is 2.17. The van der Waals surface area contributed by atoms with Crippen LogP contribution >= 0.6 is 11.8 Å². The fraction of sp³-hybridized carbons (Fsp3) is 0.333. The van der Waals surface area contributed by atoms with E-state index in [9.17, 15) is 0 Å². The summed E-state index contributed by atoms with van der Waals surface area (Å²) in [6, 6.07) is 8.55. The van der Waals surface area contributed by atoms with Gasteiger partial charge in [0, 0.05) is 48.7 Å². The smallest absolute Gasteiger partial charge is 0.0481 e. The first-order valence-electron chi connectivity index (χ1n) is 6.25. The molecule has 0 saturated carbocycles. The van der Waals surface area contributed by atoms with Crippen LogP contribution in [0.4, 0.5) is 0 Å². The van der Waals surface area contributed by atoms with Crippen LogP contribution in [0.3, 0.4) is 0 Å². The highest BCUT2D eigenvalue weighted by molar-refractivity contribution is 7.99. The SMILES string of the molecule is C=CCSCCNCc1cn(C)c2ccccc12. The van der Waals surface area contributed by atoms with E-state index in [1.807, 2.05) is 17.8 Å². The lowest BCUT2D eigenvalue weighted by Gasteiger charge is -2.03. The number of para-hydroxylation sites is 1. The Balaban J connectivity index is 1.90. The van der Waals surface area contributed by atoms with Crippen LogP contribution in [0, 0.1) is 0 Å². The predicted octanol–water partition coefficient (Wildman–Crippen LogP) is 3.19. The standard InChI is InChI=1S/C15H20N2S/c1-3-9-18-10-8-16-11-13-12-17(2)15-7-5-4-6-14(13)15/h3-7,12,16H,1,8-11H2,2H3. The molecule has 2 aromatic rings. The Hall–Kier alpha value is -1.19. The van der Waals surface area contributed by atoms with Gasteiger partial charge in [0.25, 0.3) is 0 Å². The van der Waals surface area contributed by atoms with Crippen LogP contribution in [0.2, 0.25) is 0 Å². The van der Waals surface area contributed by atoms with Crippen LogP contribution in [-0.2, 0) is 13.6 Å². The summed E-state index contributed by atoms with van der Waals surface area (Å²) in [4.78, 5) is 0. The van der Waals surface area contributed by atoms with E-state index in [1.165, 1.54) is 16.5 Å². The third-order valence-corrected chi connectivity index (χ3v) is 3.92. The first-order chi connectivity index (χ1) is 8.83. The fourth-order valence-corrected chi connectivity index (χ4v) is 2.72. The highest BCUT2D eigenvalue weighted by Gasteiger charge is 2.04. The minimum Gasteiger partial charge on any atom is -0.350 e. The maximum absolute atomic E-state index is 3.72. The van der Waals surface area contributed by atoms with Crippen molar-refractivity contribution in [2.75, 3.05) is 18.1 Å². The molecular formula is C15H20N2S. The maximum atomic E-state index is 3.72. The van der Waals surface area contributed by atoms with Gasteiger partial charge in [0.1, 0.15) is 0 Å². The van der Waals surface area contributed by atoms with Gasteiger partial charge in [-0.15, -0.1) is 6.58 Å². The van der Waals surface area contributed by atoms with Gasteiger partial charge in [0.15, 0.2) is 0 Å².